The lowest BCUT2D eigenvalue weighted by Gasteiger charge is -2.46. The number of methoxy groups -OCH3 is 2. The lowest BCUT2D eigenvalue weighted by molar-refractivity contribution is -0.0866. The van der Waals surface area contributed by atoms with Crippen molar-refractivity contribution >= 4 is 8.32 Å². The van der Waals surface area contributed by atoms with E-state index in [1.54, 1.807) is 14.2 Å². The second-order valence-corrected chi connectivity index (χ2v) is 14.5. The maximum absolute atomic E-state index is 6.86. The lowest BCUT2D eigenvalue weighted by atomic mass is 9.80. The average molecular weight is 436 g/mol. The van der Waals surface area contributed by atoms with Crippen molar-refractivity contribution in [2.45, 2.75) is 77.2 Å². The van der Waals surface area contributed by atoms with E-state index in [0.717, 1.165) is 17.7 Å². The highest BCUT2D eigenvalue weighted by molar-refractivity contribution is 6.74. The molecule has 5 nitrogen and oxygen atoms in total. The fourth-order valence-electron chi connectivity index (χ4n) is 3.75. The molecule has 0 bridgehead atoms. The van der Waals surface area contributed by atoms with Crippen LogP contribution in [0.1, 0.15) is 39.7 Å². The fraction of sp³-hybridized carbons (Fsp3) is 0.667. The summed E-state index contributed by atoms with van der Waals surface area (Å²) in [5.74, 6) is 0.896. The number of rotatable bonds is 9. The molecule has 1 aliphatic rings. The van der Waals surface area contributed by atoms with E-state index in [9.17, 15) is 0 Å². The topological polar surface area (TPSA) is 62.9 Å². The van der Waals surface area contributed by atoms with Gasteiger partial charge in [-0.1, -0.05) is 39.0 Å². The van der Waals surface area contributed by atoms with E-state index in [1.165, 1.54) is 5.57 Å². The van der Waals surface area contributed by atoms with Crippen LogP contribution in [0.2, 0.25) is 18.1 Å². The standard InChI is InChI=1S/C24H41NO4Si/c1-17-9-14-20(29-30(7,8)24(2,3)4)22(21(15-25)27-6)23(17)28-16-18-10-12-19(26-5)13-11-18/h9-13,20-23H,14-16,25H2,1-8H3/t20-,21-,22-,23-/m1/s1. The molecule has 0 heterocycles. The van der Waals surface area contributed by atoms with E-state index in [1.807, 2.05) is 24.3 Å². The Kier molecular flexibility index (Phi) is 8.71. The third-order valence-corrected chi connectivity index (χ3v) is 11.2. The van der Waals surface area contributed by atoms with Crippen LogP contribution in [-0.2, 0) is 20.5 Å². The van der Waals surface area contributed by atoms with Crippen molar-refractivity contribution in [1.82, 2.24) is 0 Å². The molecule has 1 aliphatic carbocycles. The van der Waals surface area contributed by atoms with Crippen LogP contribution in [0, 0.1) is 5.92 Å². The predicted octanol–water partition coefficient (Wildman–Crippen LogP) is 4.91. The number of hydrogen-bond donors (Lipinski definition) is 1. The molecule has 0 unspecified atom stereocenters. The maximum atomic E-state index is 6.86. The van der Waals surface area contributed by atoms with Gasteiger partial charge < -0.3 is 24.4 Å². The molecule has 30 heavy (non-hydrogen) atoms. The van der Waals surface area contributed by atoms with E-state index in [0.29, 0.717) is 13.2 Å². The second kappa shape index (κ2) is 10.4. The van der Waals surface area contributed by atoms with Crippen LogP contribution < -0.4 is 10.5 Å². The molecule has 6 heteroatoms. The quantitative estimate of drug-likeness (QED) is 0.441. The normalized spacial score (nSPS) is 23.8. The van der Waals surface area contributed by atoms with Gasteiger partial charge in [0.1, 0.15) is 5.75 Å². The highest BCUT2D eigenvalue weighted by Crippen LogP contribution is 2.41. The first-order valence-corrected chi connectivity index (χ1v) is 13.8. The zero-order chi connectivity index (χ0) is 22.5. The number of ether oxygens (including phenoxy) is 3. The van der Waals surface area contributed by atoms with Gasteiger partial charge in [-0.2, -0.15) is 0 Å². The van der Waals surface area contributed by atoms with Crippen molar-refractivity contribution in [1.29, 1.82) is 0 Å². The van der Waals surface area contributed by atoms with Crippen LogP contribution in [-0.4, -0.2) is 47.4 Å². The average Bonchev–Trinajstić information content (AvgIpc) is 2.69. The van der Waals surface area contributed by atoms with Crippen LogP contribution in [0.25, 0.3) is 0 Å². The molecule has 2 rings (SSSR count). The Morgan fingerprint density at radius 2 is 1.77 bits per heavy atom. The number of nitrogens with two attached hydrogens (primary N) is 1. The van der Waals surface area contributed by atoms with Gasteiger partial charge in [0.2, 0.25) is 0 Å². The Labute approximate surface area is 184 Å². The molecule has 1 aromatic carbocycles. The van der Waals surface area contributed by atoms with Gasteiger partial charge in [-0.25, -0.2) is 0 Å². The predicted molar refractivity (Wildman–Crippen MR) is 125 cm³/mol. The summed E-state index contributed by atoms with van der Waals surface area (Å²) in [4.78, 5) is 0. The fourth-order valence-corrected chi connectivity index (χ4v) is 5.11. The molecular weight excluding hydrogens is 394 g/mol. The highest BCUT2D eigenvalue weighted by atomic mass is 28.4. The minimum atomic E-state index is -1.95. The summed E-state index contributed by atoms with van der Waals surface area (Å²) in [6, 6.07) is 7.99. The summed E-state index contributed by atoms with van der Waals surface area (Å²) in [6.45, 7) is 14.5. The van der Waals surface area contributed by atoms with E-state index in [2.05, 4.69) is 46.9 Å². The van der Waals surface area contributed by atoms with E-state index < -0.39 is 8.32 Å². The first-order valence-electron chi connectivity index (χ1n) is 10.9. The molecule has 170 valence electrons. The smallest absolute Gasteiger partial charge is 0.192 e. The van der Waals surface area contributed by atoms with Crippen LogP contribution >= 0.6 is 0 Å². The summed E-state index contributed by atoms with van der Waals surface area (Å²) < 4.78 is 24.4. The van der Waals surface area contributed by atoms with Gasteiger partial charge in [0.25, 0.3) is 0 Å². The van der Waals surface area contributed by atoms with Crippen molar-refractivity contribution in [2.75, 3.05) is 20.8 Å². The summed E-state index contributed by atoms with van der Waals surface area (Å²) in [5.41, 5.74) is 8.44. The van der Waals surface area contributed by atoms with Gasteiger partial charge in [-0.15, -0.1) is 0 Å². The van der Waals surface area contributed by atoms with Crippen LogP contribution in [0.4, 0.5) is 0 Å². The van der Waals surface area contributed by atoms with Gasteiger partial charge in [0.05, 0.1) is 32.0 Å². The molecule has 4 atom stereocenters. The SMILES string of the molecule is COc1ccc(CO[C@@H]2C(C)=CC[C@@H](O[Si](C)(C)C(C)(C)C)[C@@H]2[C@@H](CN)OC)cc1. The third kappa shape index (κ3) is 5.95. The molecule has 0 aromatic heterocycles. The Morgan fingerprint density at radius 1 is 1.13 bits per heavy atom. The van der Waals surface area contributed by atoms with Crippen molar-refractivity contribution in [3.8, 4) is 5.75 Å². The lowest BCUT2D eigenvalue weighted by Crippen LogP contribution is -2.54. The molecule has 0 aliphatic heterocycles. The van der Waals surface area contributed by atoms with E-state index in [-0.39, 0.29) is 29.3 Å². The van der Waals surface area contributed by atoms with Crippen molar-refractivity contribution in [2.24, 2.45) is 11.7 Å². The van der Waals surface area contributed by atoms with Crippen LogP contribution in [0.3, 0.4) is 0 Å². The Morgan fingerprint density at radius 3 is 2.27 bits per heavy atom. The molecule has 0 saturated carbocycles. The van der Waals surface area contributed by atoms with Gasteiger partial charge in [-0.05, 0) is 54.7 Å². The number of hydrogen-bond acceptors (Lipinski definition) is 5. The van der Waals surface area contributed by atoms with Crippen LogP contribution in [0.15, 0.2) is 35.9 Å². The second-order valence-electron chi connectivity index (χ2n) is 9.77. The number of benzene rings is 1. The zero-order valence-corrected chi connectivity index (χ0v) is 21.0. The molecule has 0 spiro atoms. The largest absolute Gasteiger partial charge is 0.497 e. The monoisotopic (exact) mass is 435 g/mol. The van der Waals surface area contributed by atoms with Gasteiger partial charge >= 0.3 is 0 Å². The molecule has 0 fully saturated rings. The molecule has 1 aromatic rings. The van der Waals surface area contributed by atoms with Crippen molar-refractivity contribution in [3.63, 3.8) is 0 Å². The minimum absolute atomic E-state index is 0.0314. The third-order valence-electron chi connectivity index (χ3n) is 6.70. The molecule has 2 N–H and O–H groups in total. The molecule has 0 saturated heterocycles. The first kappa shape index (κ1) is 25.1. The molecule has 0 amide bonds. The summed E-state index contributed by atoms with van der Waals surface area (Å²) >= 11 is 0. The van der Waals surface area contributed by atoms with Crippen molar-refractivity contribution < 1.29 is 18.6 Å². The summed E-state index contributed by atoms with van der Waals surface area (Å²) in [5, 5.41) is 0.137. The Bertz CT molecular complexity index is 692. The van der Waals surface area contributed by atoms with E-state index >= 15 is 0 Å². The summed E-state index contributed by atoms with van der Waals surface area (Å²) in [7, 11) is 1.45. The summed E-state index contributed by atoms with van der Waals surface area (Å²) in [6.07, 6.45) is 2.94. The Hall–Kier alpha value is -1.18. The van der Waals surface area contributed by atoms with Crippen molar-refractivity contribution in [3.05, 3.63) is 41.5 Å². The van der Waals surface area contributed by atoms with Gasteiger partial charge in [0.15, 0.2) is 8.32 Å². The van der Waals surface area contributed by atoms with Crippen LogP contribution in [0.5, 0.6) is 5.75 Å². The molecular formula is C24H41NO4Si. The zero-order valence-electron chi connectivity index (χ0n) is 20.0. The van der Waals surface area contributed by atoms with Gasteiger partial charge in [0, 0.05) is 19.6 Å². The Balaban J connectivity index is 2.26. The highest BCUT2D eigenvalue weighted by Gasteiger charge is 2.46. The van der Waals surface area contributed by atoms with E-state index in [4.69, 9.17) is 24.4 Å². The first-order chi connectivity index (χ1) is 14.0. The minimum Gasteiger partial charge on any atom is -0.497 e. The maximum Gasteiger partial charge on any atom is 0.192 e. The van der Waals surface area contributed by atoms with Gasteiger partial charge in [-0.3, -0.25) is 0 Å². The molecule has 0 radical (unpaired) electrons.